The lowest BCUT2D eigenvalue weighted by atomic mass is 9.42. The first-order chi connectivity index (χ1) is 11.1. The van der Waals surface area contributed by atoms with Crippen LogP contribution in [0.15, 0.2) is 12.1 Å². The first-order valence-electron chi connectivity index (χ1n) is 9.97. The Morgan fingerprint density at radius 1 is 0.958 bits per heavy atom. The molecule has 1 nitrogen and oxygen atoms in total. The normalized spacial score (nSPS) is 43.0. The van der Waals surface area contributed by atoms with Crippen molar-refractivity contribution in [1.82, 2.24) is 0 Å². The lowest BCUT2D eigenvalue weighted by Gasteiger charge is -2.62. The van der Waals surface area contributed by atoms with Gasteiger partial charge in [-0.15, -0.1) is 0 Å². The van der Waals surface area contributed by atoms with Gasteiger partial charge in [-0.25, -0.2) is 0 Å². The Labute approximate surface area is 148 Å². The molecule has 24 heavy (non-hydrogen) atoms. The van der Waals surface area contributed by atoms with Crippen molar-refractivity contribution in [2.24, 2.45) is 28.4 Å². The molecule has 0 heterocycles. The monoisotopic (exact) mass is 325 g/mol. The maximum atomic E-state index is 6.58. The second-order valence-corrected chi connectivity index (χ2v) is 10.4. The smallest absolute Gasteiger partial charge is 0.00933 e. The van der Waals surface area contributed by atoms with Crippen LogP contribution in [0.25, 0.3) is 0 Å². The summed E-state index contributed by atoms with van der Waals surface area (Å²) < 4.78 is 0. The van der Waals surface area contributed by atoms with Crippen molar-refractivity contribution < 1.29 is 0 Å². The van der Waals surface area contributed by atoms with Crippen LogP contribution in [0.3, 0.4) is 0 Å². The molecule has 0 amide bonds. The van der Waals surface area contributed by atoms with Gasteiger partial charge in [-0.05, 0) is 90.7 Å². The summed E-state index contributed by atoms with van der Waals surface area (Å²) in [5.74, 6) is 1.55. The van der Waals surface area contributed by atoms with Gasteiger partial charge in [0.25, 0.3) is 0 Å². The zero-order chi connectivity index (χ0) is 17.5. The Hall–Kier alpha value is -0.820. The van der Waals surface area contributed by atoms with Gasteiger partial charge in [-0.1, -0.05) is 45.4 Å². The van der Waals surface area contributed by atoms with Crippen LogP contribution in [-0.4, -0.2) is 6.04 Å². The third-order valence-electron chi connectivity index (χ3n) is 8.72. The zero-order valence-electron chi connectivity index (χ0n) is 16.5. The van der Waals surface area contributed by atoms with E-state index in [9.17, 15) is 0 Å². The highest BCUT2D eigenvalue weighted by atomic mass is 14.8. The summed E-state index contributed by atoms with van der Waals surface area (Å²) in [5, 5.41) is 0. The molecule has 132 valence electrons. The maximum absolute atomic E-state index is 6.58. The summed E-state index contributed by atoms with van der Waals surface area (Å²) in [5.41, 5.74) is 14.0. The van der Waals surface area contributed by atoms with Crippen molar-refractivity contribution >= 4 is 0 Å². The van der Waals surface area contributed by atoms with Crippen molar-refractivity contribution in [3.63, 3.8) is 0 Å². The maximum Gasteiger partial charge on any atom is 0.00933 e. The summed E-state index contributed by atoms with van der Waals surface area (Å²) >= 11 is 0. The van der Waals surface area contributed by atoms with E-state index in [0.717, 1.165) is 11.8 Å². The molecule has 0 saturated heterocycles. The Morgan fingerprint density at radius 2 is 1.67 bits per heavy atom. The standard InChI is InChI=1S/C23H35N/c1-14-11-15(2)20-16(12-14)13-18-22(5)10-8-19(24)21(3,4)17(22)7-9-23(18,20)6/h11-12,17-19H,7-10,13,24H2,1-6H3. The van der Waals surface area contributed by atoms with Crippen LogP contribution in [0, 0.1) is 36.5 Å². The van der Waals surface area contributed by atoms with Crippen molar-refractivity contribution in [1.29, 1.82) is 0 Å². The molecular weight excluding hydrogens is 290 g/mol. The predicted molar refractivity (Wildman–Crippen MR) is 102 cm³/mol. The molecule has 3 aliphatic rings. The van der Waals surface area contributed by atoms with E-state index in [1.165, 1.54) is 43.2 Å². The molecule has 3 aliphatic carbocycles. The largest absolute Gasteiger partial charge is 0.327 e. The molecular formula is C23H35N. The highest BCUT2D eigenvalue weighted by Crippen LogP contribution is 2.67. The minimum absolute atomic E-state index is 0.272. The third-order valence-corrected chi connectivity index (χ3v) is 8.72. The van der Waals surface area contributed by atoms with Gasteiger partial charge < -0.3 is 5.73 Å². The van der Waals surface area contributed by atoms with Gasteiger partial charge in [0.1, 0.15) is 0 Å². The molecule has 1 heteroatoms. The predicted octanol–water partition coefficient (Wildman–Crippen LogP) is 5.30. The molecule has 4 rings (SSSR count). The first-order valence-corrected chi connectivity index (χ1v) is 9.97. The van der Waals surface area contributed by atoms with Gasteiger partial charge >= 0.3 is 0 Å². The molecule has 1 aromatic rings. The van der Waals surface area contributed by atoms with E-state index < -0.39 is 0 Å². The van der Waals surface area contributed by atoms with E-state index in [4.69, 9.17) is 5.73 Å². The van der Waals surface area contributed by atoms with E-state index >= 15 is 0 Å². The molecule has 0 aromatic heterocycles. The van der Waals surface area contributed by atoms with Crippen LogP contribution in [0.2, 0.25) is 0 Å². The highest BCUT2D eigenvalue weighted by Gasteiger charge is 2.62. The van der Waals surface area contributed by atoms with Crippen LogP contribution in [0.1, 0.15) is 75.6 Å². The van der Waals surface area contributed by atoms with E-state index in [-0.39, 0.29) is 5.41 Å². The van der Waals surface area contributed by atoms with Gasteiger partial charge in [0.2, 0.25) is 0 Å². The molecule has 2 fully saturated rings. The fourth-order valence-electron chi connectivity index (χ4n) is 7.60. The average Bonchev–Trinajstić information content (AvgIpc) is 2.77. The molecule has 2 N–H and O–H groups in total. The number of hydrogen-bond donors (Lipinski definition) is 1. The fraction of sp³-hybridized carbons (Fsp3) is 0.739. The minimum Gasteiger partial charge on any atom is -0.327 e. The number of nitrogens with two attached hydrogens (primary N) is 1. The van der Waals surface area contributed by atoms with Gasteiger partial charge in [0.05, 0.1) is 0 Å². The first kappa shape index (κ1) is 16.6. The van der Waals surface area contributed by atoms with Crippen molar-refractivity contribution in [2.45, 2.75) is 85.1 Å². The van der Waals surface area contributed by atoms with Gasteiger partial charge in [0, 0.05) is 6.04 Å². The van der Waals surface area contributed by atoms with E-state index in [0.29, 0.717) is 16.9 Å². The fourth-order valence-corrected chi connectivity index (χ4v) is 7.60. The topological polar surface area (TPSA) is 26.0 Å². The minimum atomic E-state index is 0.272. The second-order valence-electron chi connectivity index (χ2n) is 10.4. The lowest BCUT2D eigenvalue weighted by molar-refractivity contribution is -0.107. The summed E-state index contributed by atoms with van der Waals surface area (Å²) in [6, 6.07) is 5.25. The number of rotatable bonds is 0. The average molecular weight is 326 g/mol. The van der Waals surface area contributed by atoms with Crippen LogP contribution < -0.4 is 5.73 Å². The van der Waals surface area contributed by atoms with E-state index in [1.807, 2.05) is 0 Å². The highest BCUT2D eigenvalue weighted by molar-refractivity contribution is 5.49. The second kappa shape index (κ2) is 4.87. The Bertz CT molecular complexity index is 688. The van der Waals surface area contributed by atoms with Crippen LogP contribution in [0.4, 0.5) is 0 Å². The molecule has 5 atom stereocenters. The molecule has 0 radical (unpaired) electrons. The molecule has 1 aromatic carbocycles. The summed E-state index contributed by atoms with van der Waals surface area (Å²) in [7, 11) is 0. The Kier molecular flexibility index (Phi) is 3.38. The molecule has 0 spiro atoms. The molecule has 0 bridgehead atoms. The number of benzene rings is 1. The van der Waals surface area contributed by atoms with Crippen molar-refractivity contribution in [3.05, 3.63) is 34.4 Å². The van der Waals surface area contributed by atoms with E-state index in [2.05, 4.69) is 53.7 Å². The summed E-state index contributed by atoms with van der Waals surface area (Å²) in [6.45, 7) is 14.7. The quantitative estimate of drug-likeness (QED) is 0.688. The summed E-state index contributed by atoms with van der Waals surface area (Å²) in [6.07, 6.45) is 6.48. The number of aryl methyl sites for hydroxylation is 2. The van der Waals surface area contributed by atoms with Gasteiger partial charge in [-0.2, -0.15) is 0 Å². The van der Waals surface area contributed by atoms with E-state index in [1.54, 1.807) is 11.1 Å². The van der Waals surface area contributed by atoms with Gasteiger partial charge in [0.15, 0.2) is 0 Å². The van der Waals surface area contributed by atoms with Gasteiger partial charge in [-0.3, -0.25) is 0 Å². The molecule has 5 unspecified atom stereocenters. The number of hydrogen-bond acceptors (Lipinski definition) is 1. The third kappa shape index (κ3) is 1.91. The van der Waals surface area contributed by atoms with Crippen molar-refractivity contribution in [3.8, 4) is 0 Å². The summed E-state index contributed by atoms with van der Waals surface area (Å²) in [4.78, 5) is 0. The SMILES string of the molecule is Cc1cc(C)c2c(c1)CC1C2(C)CCC2C(C)(C)C(N)CCC12C. The van der Waals surface area contributed by atoms with Crippen LogP contribution in [0.5, 0.6) is 0 Å². The molecule has 0 aliphatic heterocycles. The lowest BCUT2D eigenvalue weighted by Crippen LogP contribution is -2.60. The number of fused-ring (bicyclic) bond motifs is 5. The zero-order valence-corrected chi connectivity index (χ0v) is 16.5. The Balaban J connectivity index is 1.83. The van der Waals surface area contributed by atoms with Crippen molar-refractivity contribution in [2.75, 3.05) is 0 Å². The van der Waals surface area contributed by atoms with Crippen LogP contribution >= 0.6 is 0 Å². The van der Waals surface area contributed by atoms with Crippen LogP contribution in [-0.2, 0) is 11.8 Å². The Morgan fingerprint density at radius 3 is 2.38 bits per heavy atom. The molecule has 2 saturated carbocycles.